The van der Waals surface area contributed by atoms with E-state index in [-0.39, 0.29) is 21.3 Å². The topological polar surface area (TPSA) is 83.5 Å². The van der Waals surface area contributed by atoms with Crippen LogP contribution in [0.2, 0.25) is 10.0 Å². The fourth-order valence-electron chi connectivity index (χ4n) is 1.02. The zero-order chi connectivity index (χ0) is 12.5. The molecule has 1 aromatic rings. The van der Waals surface area contributed by atoms with Crippen molar-refractivity contribution in [1.29, 1.82) is 0 Å². The average Bonchev–Trinajstić information content (AvgIpc) is 2.07. The molecule has 0 saturated heterocycles. The van der Waals surface area contributed by atoms with Crippen molar-refractivity contribution in [2.24, 2.45) is 0 Å². The van der Waals surface area contributed by atoms with Gasteiger partial charge in [0, 0.05) is 5.02 Å². The van der Waals surface area contributed by atoms with Crippen LogP contribution in [-0.4, -0.2) is 25.7 Å². The van der Waals surface area contributed by atoms with Crippen molar-refractivity contribution >= 4 is 44.9 Å². The summed E-state index contributed by atoms with van der Waals surface area (Å²) in [5.74, 6) is -1.29. The molecule has 5 nitrogen and oxygen atoms in total. The van der Waals surface area contributed by atoms with Gasteiger partial charge in [-0.1, -0.05) is 23.2 Å². The zero-order valence-corrected chi connectivity index (χ0v) is 10.3. The summed E-state index contributed by atoms with van der Waals surface area (Å²) >= 11 is 11.4. The molecular formula is C8H7Cl2NO4S. The van der Waals surface area contributed by atoms with Crippen molar-refractivity contribution in [2.75, 3.05) is 11.0 Å². The van der Waals surface area contributed by atoms with E-state index in [0.717, 1.165) is 12.3 Å². The van der Waals surface area contributed by atoms with Crippen molar-refractivity contribution in [2.45, 2.75) is 0 Å². The molecule has 2 N–H and O–H groups in total. The maximum absolute atomic E-state index is 11.0. The summed E-state index contributed by atoms with van der Waals surface area (Å²) in [5.41, 5.74) is -0.325. The molecule has 0 aliphatic heterocycles. The highest BCUT2D eigenvalue weighted by Crippen LogP contribution is 2.30. The standard InChI is InChI=1S/C8H7Cl2NO4S/c1-16(14,15)11-6-3-4(9)2-5(7(6)10)8(12)13/h2-3,11H,1H3,(H,12,13). The average molecular weight is 284 g/mol. The van der Waals surface area contributed by atoms with Crippen molar-refractivity contribution in [3.63, 3.8) is 0 Å². The number of hydrogen-bond donors (Lipinski definition) is 2. The number of carbonyl (C=O) groups is 1. The second kappa shape index (κ2) is 4.48. The first-order valence-electron chi connectivity index (χ1n) is 3.91. The third-order valence-corrected chi connectivity index (χ3v) is 2.78. The van der Waals surface area contributed by atoms with Crippen LogP contribution in [0.1, 0.15) is 10.4 Å². The van der Waals surface area contributed by atoms with Crippen LogP contribution in [0.5, 0.6) is 0 Å². The van der Waals surface area contributed by atoms with Crippen LogP contribution in [0.25, 0.3) is 0 Å². The largest absolute Gasteiger partial charge is 0.478 e. The van der Waals surface area contributed by atoms with Gasteiger partial charge >= 0.3 is 5.97 Å². The Morgan fingerprint density at radius 3 is 2.38 bits per heavy atom. The Kier molecular flexibility index (Phi) is 3.67. The Hall–Kier alpha value is -0.980. The number of hydrogen-bond acceptors (Lipinski definition) is 3. The van der Waals surface area contributed by atoms with E-state index in [4.69, 9.17) is 28.3 Å². The Labute approximate surface area is 102 Å². The lowest BCUT2D eigenvalue weighted by Crippen LogP contribution is -2.11. The fraction of sp³-hybridized carbons (Fsp3) is 0.125. The monoisotopic (exact) mass is 283 g/mol. The van der Waals surface area contributed by atoms with Gasteiger partial charge in [-0.2, -0.15) is 0 Å². The first-order chi connectivity index (χ1) is 7.20. The van der Waals surface area contributed by atoms with Gasteiger partial charge in [-0.05, 0) is 12.1 Å². The summed E-state index contributed by atoms with van der Waals surface area (Å²) in [7, 11) is -3.54. The Morgan fingerprint density at radius 2 is 1.94 bits per heavy atom. The van der Waals surface area contributed by atoms with Crippen molar-refractivity contribution in [3.05, 3.63) is 27.7 Å². The molecule has 0 aliphatic rings. The smallest absolute Gasteiger partial charge is 0.337 e. The van der Waals surface area contributed by atoms with E-state index in [1.165, 1.54) is 6.07 Å². The molecule has 0 bridgehead atoms. The summed E-state index contributed by atoms with van der Waals surface area (Å²) in [6.07, 6.45) is 0.921. The van der Waals surface area contributed by atoms with Crippen LogP contribution in [-0.2, 0) is 10.0 Å². The summed E-state index contributed by atoms with van der Waals surface area (Å²) in [6, 6.07) is 2.37. The van der Waals surface area contributed by atoms with Gasteiger partial charge in [0.2, 0.25) is 10.0 Å². The number of halogens is 2. The maximum atomic E-state index is 11.0. The van der Waals surface area contributed by atoms with E-state index in [1.54, 1.807) is 0 Å². The minimum Gasteiger partial charge on any atom is -0.478 e. The molecule has 0 saturated carbocycles. The van der Waals surface area contributed by atoms with E-state index in [0.29, 0.717) is 0 Å². The molecule has 8 heteroatoms. The van der Waals surface area contributed by atoms with E-state index < -0.39 is 16.0 Å². The fourth-order valence-corrected chi connectivity index (χ4v) is 2.09. The number of rotatable bonds is 3. The number of anilines is 1. The molecule has 0 amide bonds. The minimum atomic E-state index is -3.54. The van der Waals surface area contributed by atoms with Gasteiger partial charge in [0.1, 0.15) is 0 Å². The molecule has 0 atom stereocenters. The van der Waals surface area contributed by atoms with E-state index in [1.807, 2.05) is 0 Å². The Morgan fingerprint density at radius 1 is 1.38 bits per heavy atom. The van der Waals surface area contributed by atoms with Gasteiger partial charge in [-0.3, -0.25) is 4.72 Å². The molecule has 1 aromatic carbocycles. The first-order valence-corrected chi connectivity index (χ1v) is 6.55. The normalized spacial score (nSPS) is 11.2. The number of aromatic carboxylic acids is 1. The van der Waals surface area contributed by atoms with Crippen LogP contribution in [0.3, 0.4) is 0 Å². The van der Waals surface area contributed by atoms with Crippen LogP contribution < -0.4 is 4.72 Å². The molecule has 0 aliphatic carbocycles. The molecule has 0 heterocycles. The van der Waals surface area contributed by atoms with Crippen LogP contribution >= 0.6 is 23.2 Å². The molecule has 0 unspecified atom stereocenters. The number of sulfonamides is 1. The van der Waals surface area contributed by atoms with Gasteiger partial charge in [-0.25, -0.2) is 13.2 Å². The van der Waals surface area contributed by atoms with Gasteiger partial charge in [0.15, 0.2) is 0 Å². The predicted octanol–water partition coefficient (Wildman–Crippen LogP) is 2.06. The molecule has 1 rings (SSSR count). The number of benzene rings is 1. The van der Waals surface area contributed by atoms with Gasteiger partial charge < -0.3 is 5.11 Å². The third kappa shape index (κ3) is 3.26. The zero-order valence-electron chi connectivity index (χ0n) is 7.99. The summed E-state index contributed by atoms with van der Waals surface area (Å²) < 4.78 is 24.0. The second-order valence-electron chi connectivity index (χ2n) is 2.99. The molecule has 0 spiro atoms. The maximum Gasteiger partial charge on any atom is 0.337 e. The van der Waals surface area contributed by atoms with Gasteiger partial charge in [0.25, 0.3) is 0 Å². The lowest BCUT2D eigenvalue weighted by molar-refractivity contribution is 0.0697. The van der Waals surface area contributed by atoms with Crippen LogP contribution in [0, 0.1) is 0 Å². The summed E-state index contributed by atoms with van der Waals surface area (Å²) in [6.45, 7) is 0. The van der Waals surface area contributed by atoms with Crippen molar-refractivity contribution < 1.29 is 18.3 Å². The van der Waals surface area contributed by atoms with E-state index in [9.17, 15) is 13.2 Å². The van der Waals surface area contributed by atoms with Gasteiger partial charge in [-0.15, -0.1) is 0 Å². The molecule has 16 heavy (non-hydrogen) atoms. The summed E-state index contributed by atoms with van der Waals surface area (Å²) in [5, 5.41) is 8.66. The highest BCUT2D eigenvalue weighted by Gasteiger charge is 2.16. The summed E-state index contributed by atoms with van der Waals surface area (Å²) in [4.78, 5) is 10.8. The SMILES string of the molecule is CS(=O)(=O)Nc1cc(Cl)cc(C(=O)O)c1Cl. The first kappa shape index (κ1) is 13.1. The minimum absolute atomic E-state index is 0.0610. The van der Waals surface area contributed by atoms with E-state index in [2.05, 4.69) is 4.72 Å². The highest BCUT2D eigenvalue weighted by atomic mass is 35.5. The lowest BCUT2D eigenvalue weighted by atomic mass is 10.2. The Bertz CT molecular complexity index is 541. The number of nitrogens with one attached hydrogen (secondary N) is 1. The molecule has 0 radical (unpaired) electrons. The van der Waals surface area contributed by atoms with Crippen LogP contribution in [0.15, 0.2) is 12.1 Å². The van der Waals surface area contributed by atoms with Gasteiger partial charge in [0.05, 0.1) is 22.5 Å². The molecule has 0 fully saturated rings. The molecular weight excluding hydrogens is 277 g/mol. The predicted molar refractivity (Wildman–Crippen MR) is 61.9 cm³/mol. The number of carboxylic acid groups (broad SMARTS) is 1. The molecule has 0 aromatic heterocycles. The van der Waals surface area contributed by atoms with Crippen molar-refractivity contribution in [3.8, 4) is 0 Å². The third-order valence-electron chi connectivity index (χ3n) is 1.56. The lowest BCUT2D eigenvalue weighted by Gasteiger charge is -2.09. The number of carboxylic acids is 1. The van der Waals surface area contributed by atoms with Crippen LogP contribution in [0.4, 0.5) is 5.69 Å². The highest BCUT2D eigenvalue weighted by molar-refractivity contribution is 7.92. The Balaban J connectivity index is 3.35. The van der Waals surface area contributed by atoms with Crippen molar-refractivity contribution in [1.82, 2.24) is 0 Å². The van der Waals surface area contributed by atoms with E-state index >= 15 is 0 Å². The second-order valence-corrected chi connectivity index (χ2v) is 5.56. The molecule has 88 valence electrons. The quantitative estimate of drug-likeness (QED) is 0.889.